The highest BCUT2D eigenvalue weighted by Crippen LogP contribution is 2.30. The molecule has 124 valence electrons. The number of amides is 1. The molecule has 2 heterocycles. The number of benzene rings is 1. The molecular formula is C15H10F3N3O2S. The summed E-state index contributed by atoms with van der Waals surface area (Å²) in [6, 6.07) is 5.63. The molecule has 0 aliphatic carbocycles. The lowest BCUT2D eigenvalue weighted by atomic mass is 10.1. The Morgan fingerprint density at radius 1 is 1.25 bits per heavy atom. The first-order valence-corrected chi connectivity index (χ1v) is 7.47. The maximum absolute atomic E-state index is 12.5. The molecule has 3 aromatic rings. The predicted octanol–water partition coefficient (Wildman–Crippen LogP) is 3.97. The number of aromatic nitrogens is 2. The fraction of sp³-hybridized carbons (Fsp3) is 0.133. The highest BCUT2D eigenvalue weighted by molar-refractivity contribution is 7.21. The standard InChI is InChI=1S/C15H10F3N3O2S/c1-23-10-6-11-13(19-7-10)24-14(20-11)21-12(22)8-2-4-9(5-3-8)15(16,17)18/h2-7H,1H3,(H,20,21,22). The van der Waals surface area contributed by atoms with Crippen LogP contribution in [0.4, 0.5) is 18.3 Å². The fourth-order valence-corrected chi connectivity index (χ4v) is 2.74. The van der Waals surface area contributed by atoms with Crippen LogP contribution in [-0.4, -0.2) is 23.0 Å². The summed E-state index contributed by atoms with van der Waals surface area (Å²) in [4.78, 5) is 21.1. The Hall–Kier alpha value is -2.68. The average molecular weight is 353 g/mol. The molecule has 0 saturated heterocycles. The third-order valence-electron chi connectivity index (χ3n) is 3.15. The average Bonchev–Trinajstić information content (AvgIpc) is 2.95. The summed E-state index contributed by atoms with van der Waals surface area (Å²) in [7, 11) is 1.50. The highest BCUT2D eigenvalue weighted by Gasteiger charge is 2.30. The quantitative estimate of drug-likeness (QED) is 0.774. The van der Waals surface area contributed by atoms with E-state index < -0.39 is 17.6 Å². The molecule has 9 heteroatoms. The summed E-state index contributed by atoms with van der Waals surface area (Å²) >= 11 is 1.16. The Kier molecular flexibility index (Phi) is 4.10. The number of pyridine rings is 1. The van der Waals surface area contributed by atoms with Gasteiger partial charge < -0.3 is 4.74 Å². The zero-order valence-corrected chi connectivity index (χ0v) is 13.0. The molecule has 2 aromatic heterocycles. The van der Waals surface area contributed by atoms with Crippen molar-refractivity contribution in [1.82, 2.24) is 9.97 Å². The smallest absolute Gasteiger partial charge is 0.416 e. The number of nitrogens with one attached hydrogen (secondary N) is 1. The van der Waals surface area contributed by atoms with Gasteiger partial charge in [0.2, 0.25) is 0 Å². The molecule has 5 nitrogen and oxygen atoms in total. The molecule has 24 heavy (non-hydrogen) atoms. The third kappa shape index (κ3) is 3.30. The minimum absolute atomic E-state index is 0.104. The second-order valence-corrected chi connectivity index (χ2v) is 5.73. The summed E-state index contributed by atoms with van der Waals surface area (Å²) in [5.74, 6) is -0.0110. The molecule has 1 aromatic carbocycles. The first-order chi connectivity index (χ1) is 11.4. The number of thiazole rings is 1. The molecule has 1 N–H and O–H groups in total. The van der Waals surface area contributed by atoms with Crippen LogP contribution in [-0.2, 0) is 6.18 Å². The van der Waals surface area contributed by atoms with E-state index in [1.807, 2.05) is 0 Å². The normalized spacial score (nSPS) is 11.5. The van der Waals surface area contributed by atoms with E-state index in [4.69, 9.17) is 4.74 Å². The van der Waals surface area contributed by atoms with Crippen LogP contribution in [0.3, 0.4) is 0 Å². The number of ether oxygens (including phenoxy) is 1. The van der Waals surface area contributed by atoms with Crippen LogP contribution in [0.25, 0.3) is 10.3 Å². The molecule has 0 fully saturated rings. The lowest BCUT2D eigenvalue weighted by molar-refractivity contribution is -0.137. The van der Waals surface area contributed by atoms with Crippen molar-refractivity contribution in [2.24, 2.45) is 0 Å². The molecular weight excluding hydrogens is 343 g/mol. The van der Waals surface area contributed by atoms with Crippen LogP contribution in [0.5, 0.6) is 5.75 Å². The van der Waals surface area contributed by atoms with Crippen LogP contribution in [0, 0.1) is 0 Å². The number of methoxy groups -OCH3 is 1. The Bertz CT molecular complexity index is 891. The minimum Gasteiger partial charge on any atom is -0.495 e. The number of hydrogen-bond donors (Lipinski definition) is 1. The molecule has 0 saturated carbocycles. The molecule has 0 aliphatic rings. The number of rotatable bonds is 3. The number of anilines is 1. The van der Waals surface area contributed by atoms with E-state index in [-0.39, 0.29) is 5.56 Å². The van der Waals surface area contributed by atoms with Crippen molar-refractivity contribution in [3.05, 3.63) is 47.7 Å². The monoisotopic (exact) mass is 353 g/mol. The zero-order valence-electron chi connectivity index (χ0n) is 12.2. The van der Waals surface area contributed by atoms with Crippen LogP contribution < -0.4 is 10.1 Å². The molecule has 0 spiro atoms. The molecule has 3 rings (SSSR count). The zero-order chi connectivity index (χ0) is 17.3. The number of fused-ring (bicyclic) bond motifs is 1. The van der Waals surface area contributed by atoms with Crippen molar-refractivity contribution in [3.8, 4) is 5.75 Å². The van der Waals surface area contributed by atoms with E-state index in [0.29, 0.717) is 21.2 Å². The summed E-state index contributed by atoms with van der Waals surface area (Å²) in [5, 5.41) is 2.85. The maximum Gasteiger partial charge on any atom is 0.416 e. The maximum atomic E-state index is 12.5. The van der Waals surface area contributed by atoms with Crippen molar-refractivity contribution in [3.63, 3.8) is 0 Å². The van der Waals surface area contributed by atoms with Gasteiger partial charge in [0.15, 0.2) is 5.13 Å². The molecule has 0 unspecified atom stereocenters. The Morgan fingerprint density at radius 3 is 2.58 bits per heavy atom. The number of carbonyl (C=O) groups excluding carboxylic acids is 1. The van der Waals surface area contributed by atoms with E-state index in [9.17, 15) is 18.0 Å². The van der Waals surface area contributed by atoms with Gasteiger partial charge in [-0.1, -0.05) is 11.3 Å². The van der Waals surface area contributed by atoms with E-state index >= 15 is 0 Å². The van der Waals surface area contributed by atoms with Gasteiger partial charge in [-0.2, -0.15) is 13.2 Å². The predicted molar refractivity (Wildman–Crippen MR) is 83.4 cm³/mol. The van der Waals surface area contributed by atoms with Gasteiger partial charge in [-0.15, -0.1) is 0 Å². The lowest BCUT2D eigenvalue weighted by Gasteiger charge is -2.07. The Morgan fingerprint density at radius 2 is 1.96 bits per heavy atom. The summed E-state index contributed by atoms with van der Waals surface area (Å²) < 4.78 is 42.6. The van der Waals surface area contributed by atoms with Crippen LogP contribution in [0.2, 0.25) is 0 Å². The van der Waals surface area contributed by atoms with Gasteiger partial charge in [0.25, 0.3) is 5.91 Å². The Balaban J connectivity index is 1.79. The van der Waals surface area contributed by atoms with Crippen molar-refractivity contribution >= 4 is 32.7 Å². The Labute approximate surface area is 138 Å². The number of nitrogens with zero attached hydrogens (tertiary/aromatic N) is 2. The molecule has 1 amide bonds. The van der Waals surface area contributed by atoms with Gasteiger partial charge in [-0.05, 0) is 24.3 Å². The van der Waals surface area contributed by atoms with E-state index in [1.165, 1.54) is 13.3 Å². The van der Waals surface area contributed by atoms with Crippen molar-refractivity contribution in [2.45, 2.75) is 6.18 Å². The van der Waals surface area contributed by atoms with Gasteiger partial charge in [-0.3, -0.25) is 10.1 Å². The number of carbonyl (C=O) groups is 1. The molecule has 0 atom stereocenters. The van der Waals surface area contributed by atoms with Crippen molar-refractivity contribution in [1.29, 1.82) is 0 Å². The van der Waals surface area contributed by atoms with Crippen molar-refractivity contribution in [2.75, 3.05) is 12.4 Å². The number of hydrogen-bond acceptors (Lipinski definition) is 5. The molecule has 0 radical (unpaired) electrons. The van der Waals surface area contributed by atoms with Crippen LogP contribution >= 0.6 is 11.3 Å². The summed E-state index contributed by atoms with van der Waals surface area (Å²) in [6.45, 7) is 0. The lowest BCUT2D eigenvalue weighted by Crippen LogP contribution is -2.12. The van der Waals surface area contributed by atoms with Crippen molar-refractivity contribution < 1.29 is 22.7 Å². The number of halogens is 3. The topological polar surface area (TPSA) is 64.1 Å². The van der Waals surface area contributed by atoms with E-state index in [2.05, 4.69) is 15.3 Å². The summed E-state index contributed by atoms with van der Waals surface area (Å²) in [5.41, 5.74) is -0.148. The van der Waals surface area contributed by atoms with Gasteiger partial charge in [-0.25, -0.2) is 9.97 Å². The van der Waals surface area contributed by atoms with E-state index in [0.717, 1.165) is 35.6 Å². The first kappa shape index (κ1) is 16.2. The highest BCUT2D eigenvalue weighted by atomic mass is 32.1. The first-order valence-electron chi connectivity index (χ1n) is 6.66. The van der Waals surface area contributed by atoms with Gasteiger partial charge >= 0.3 is 6.18 Å². The van der Waals surface area contributed by atoms with E-state index in [1.54, 1.807) is 6.07 Å². The second kappa shape index (κ2) is 6.08. The van der Waals surface area contributed by atoms with Crippen LogP contribution in [0.15, 0.2) is 36.5 Å². The minimum atomic E-state index is -4.44. The van der Waals surface area contributed by atoms with Crippen LogP contribution in [0.1, 0.15) is 15.9 Å². The molecule has 0 bridgehead atoms. The second-order valence-electron chi connectivity index (χ2n) is 4.75. The van der Waals surface area contributed by atoms with Gasteiger partial charge in [0, 0.05) is 11.6 Å². The fourth-order valence-electron chi connectivity index (χ4n) is 1.95. The summed E-state index contributed by atoms with van der Waals surface area (Å²) in [6.07, 6.45) is -2.91. The SMILES string of the molecule is COc1cnc2sc(NC(=O)c3ccc(C(F)(F)F)cc3)nc2c1. The van der Waals surface area contributed by atoms with Gasteiger partial charge in [0.1, 0.15) is 16.1 Å². The largest absolute Gasteiger partial charge is 0.495 e. The molecule has 0 aliphatic heterocycles. The van der Waals surface area contributed by atoms with Gasteiger partial charge in [0.05, 0.1) is 18.9 Å². The number of alkyl halides is 3. The third-order valence-corrected chi connectivity index (χ3v) is 4.05.